The molecule has 0 radical (unpaired) electrons. The van der Waals surface area contributed by atoms with Crippen molar-refractivity contribution in [2.24, 2.45) is 23.5 Å². The summed E-state index contributed by atoms with van der Waals surface area (Å²) in [4.78, 5) is 0. The molecule has 0 aromatic heterocycles. The molecule has 0 spiro atoms. The average molecular weight is 241 g/mol. The van der Waals surface area contributed by atoms with Crippen molar-refractivity contribution in [1.82, 2.24) is 0 Å². The number of nitrogens with two attached hydrogens (primary N) is 1. The Balaban J connectivity index is 1.41. The Morgan fingerprint density at radius 1 is 1.17 bits per heavy atom. The fourth-order valence-electron chi connectivity index (χ4n) is 4.89. The maximum Gasteiger partial charge on any atom is 0.00758 e. The Kier molecular flexibility index (Phi) is 2.51. The minimum absolute atomic E-state index is 0.457. The predicted molar refractivity (Wildman–Crippen MR) is 74.4 cm³/mol. The van der Waals surface area contributed by atoms with Crippen LogP contribution in [0.1, 0.15) is 49.1 Å². The Labute approximate surface area is 110 Å². The summed E-state index contributed by atoms with van der Waals surface area (Å²) < 4.78 is 0. The van der Waals surface area contributed by atoms with Gasteiger partial charge in [0.25, 0.3) is 0 Å². The van der Waals surface area contributed by atoms with Crippen LogP contribution in [0, 0.1) is 17.8 Å². The lowest BCUT2D eigenvalue weighted by molar-refractivity contribution is 0.259. The third-order valence-electron chi connectivity index (χ3n) is 5.86. The molecule has 2 bridgehead atoms. The van der Waals surface area contributed by atoms with Crippen LogP contribution >= 0.6 is 0 Å². The lowest BCUT2D eigenvalue weighted by Crippen LogP contribution is -2.36. The summed E-state index contributed by atoms with van der Waals surface area (Å²) in [5.74, 6) is 3.60. The fourth-order valence-corrected chi connectivity index (χ4v) is 4.89. The van der Waals surface area contributed by atoms with E-state index < -0.39 is 0 Å². The molecule has 0 heterocycles. The highest BCUT2D eigenvalue weighted by molar-refractivity contribution is 5.39. The SMILES string of the molecule is NC(CC1Cc2ccccc21)C1CC2CCC1C2. The van der Waals surface area contributed by atoms with Crippen LogP contribution in [0.5, 0.6) is 0 Å². The Hall–Kier alpha value is -0.820. The van der Waals surface area contributed by atoms with Crippen molar-refractivity contribution in [3.63, 3.8) is 0 Å². The van der Waals surface area contributed by atoms with Gasteiger partial charge < -0.3 is 5.73 Å². The Bertz CT molecular complexity index is 453. The molecule has 4 rings (SSSR count). The van der Waals surface area contributed by atoms with Crippen LogP contribution in [-0.4, -0.2) is 6.04 Å². The third kappa shape index (κ3) is 1.64. The molecule has 1 aromatic carbocycles. The minimum atomic E-state index is 0.457. The molecule has 0 aliphatic heterocycles. The lowest BCUT2D eigenvalue weighted by atomic mass is 9.71. The average Bonchev–Trinajstić information content (AvgIpc) is 2.98. The zero-order chi connectivity index (χ0) is 12.1. The van der Waals surface area contributed by atoms with Crippen molar-refractivity contribution in [2.75, 3.05) is 0 Å². The van der Waals surface area contributed by atoms with Gasteiger partial charge >= 0.3 is 0 Å². The topological polar surface area (TPSA) is 26.0 Å². The van der Waals surface area contributed by atoms with E-state index in [-0.39, 0.29) is 0 Å². The highest BCUT2D eigenvalue weighted by Gasteiger charge is 2.43. The van der Waals surface area contributed by atoms with Crippen molar-refractivity contribution in [1.29, 1.82) is 0 Å². The molecule has 18 heavy (non-hydrogen) atoms. The first-order chi connectivity index (χ1) is 8.81. The molecule has 0 saturated heterocycles. The molecular formula is C17H23N. The number of hydrogen-bond acceptors (Lipinski definition) is 1. The highest BCUT2D eigenvalue weighted by Crippen LogP contribution is 2.50. The van der Waals surface area contributed by atoms with Crippen molar-refractivity contribution in [2.45, 2.75) is 50.5 Å². The van der Waals surface area contributed by atoms with Gasteiger partial charge in [-0.15, -0.1) is 0 Å². The maximum absolute atomic E-state index is 6.53. The molecule has 1 heteroatoms. The number of benzene rings is 1. The Morgan fingerprint density at radius 3 is 2.78 bits per heavy atom. The van der Waals surface area contributed by atoms with Crippen LogP contribution in [0.15, 0.2) is 24.3 Å². The summed E-state index contributed by atoms with van der Waals surface area (Å²) in [6, 6.07) is 9.36. The second-order valence-corrected chi connectivity index (χ2v) is 6.84. The standard InChI is InChI=1S/C17H23N/c18-17(16-8-11-5-6-13(16)7-11)10-14-9-12-3-1-2-4-15(12)14/h1-4,11,13-14,16-17H,5-10,18H2. The zero-order valence-electron chi connectivity index (χ0n) is 11.0. The summed E-state index contributed by atoms with van der Waals surface area (Å²) in [5, 5.41) is 0. The number of fused-ring (bicyclic) bond motifs is 3. The van der Waals surface area contributed by atoms with Crippen LogP contribution < -0.4 is 5.73 Å². The first-order valence-electron chi connectivity index (χ1n) is 7.64. The Morgan fingerprint density at radius 2 is 2.06 bits per heavy atom. The quantitative estimate of drug-likeness (QED) is 0.861. The van der Waals surface area contributed by atoms with E-state index >= 15 is 0 Å². The molecule has 0 amide bonds. The van der Waals surface area contributed by atoms with Crippen molar-refractivity contribution in [3.8, 4) is 0 Å². The van der Waals surface area contributed by atoms with Crippen LogP contribution in [0.25, 0.3) is 0 Å². The van der Waals surface area contributed by atoms with Crippen LogP contribution in [0.3, 0.4) is 0 Å². The van der Waals surface area contributed by atoms with Gasteiger partial charge in [0.1, 0.15) is 0 Å². The van der Waals surface area contributed by atoms with E-state index in [0.717, 1.165) is 23.7 Å². The molecule has 1 nitrogen and oxygen atoms in total. The van der Waals surface area contributed by atoms with Gasteiger partial charge in [-0.2, -0.15) is 0 Å². The predicted octanol–water partition coefficient (Wildman–Crippen LogP) is 3.48. The first-order valence-corrected chi connectivity index (χ1v) is 7.64. The second kappa shape index (κ2) is 4.09. The molecule has 3 aliphatic rings. The van der Waals surface area contributed by atoms with Crippen molar-refractivity contribution in [3.05, 3.63) is 35.4 Å². The largest absolute Gasteiger partial charge is 0.327 e. The smallest absolute Gasteiger partial charge is 0.00758 e. The van der Waals surface area contributed by atoms with E-state index in [2.05, 4.69) is 24.3 Å². The summed E-state index contributed by atoms with van der Waals surface area (Å²) in [7, 11) is 0. The molecule has 2 N–H and O–H groups in total. The zero-order valence-corrected chi connectivity index (χ0v) is 11.0. The molecule has 2 saturated carbocycles. The van der Waals surface area contributed by atoms with Gasteiger partial charge in [-0.3, -0.25) is 0 Å². The highest BCUT2D eigenvalue weighted by atomic mass is 14.7. The normalized spacial score (nSPS) is 38.3. The van der Waals surface area contributed by atoms with Gasteiger partial charge in [0.15, 0.2) is 0 Å². The first kappa shape index (κ1) is 11.0. The van der Waals surface area contributed by atoms with E-state index in [4.69, 9.17) is 5.73 Å². The van der Waals surface area contributed by atoms with E-state index in [1.165, 1.54) is 38.5 Å². The molecule has 5 unspecified atom stereocenters. The minimum Gasteiger partial charge on any atom is -0.327 e. The van der Waals surface area contributed by atoms with Crippen LogP contribution in [0.2, 0.25) is 0 Å². The lowest BCUT2D eigenvalue weighted by Gasteiger charge is -2.35. The summed E-state index contributed by atoms with van der Waals surface area (Å²) in [5.41, 5.74) is 9.67. The maximum atomic E-state index is 6.53. The number of rotatable bonds is 3. The van der Waals surface area contributed by atoms with Gasteiger partial charge in [0.2, 0.25) is 0 Å². The summed E-state index contributed by atoms with van der Waals surface area (Å²) in [6.45, 7) is 0. The van der Waals surface area contributed by atoms with Crippen molar-refractivity contribution < 1.29 is 0 Å². The summed E-state index contributed by atoms with van der Waals surface area (Å²) in [6.07, 6.45) is 8.36. The number of hydrogen-bond donors (Lipinski definition) is 1. The van der Waals surface area contributed by atoms with Gasteiger partial charge in [-0.25, -0.2) is 0 Å². The third-order valence-corrected chi connectivity index (χ3v) is 5.86. The van der Waals surface area contributed by atoms with E-state index in [1.54, 1.807) is 11.1 Å². The molecule has 5 atom stereocenters. The molecular weight excluding hydrogens is 218 g/mol. The molecule has 96 valence electrons. The molecule has 2 fully saturated rings. The summed E-state index contributed by atoms with van der Waals surface area (Å²) >= 11 is 0. The molecule has 1 aromatic rings. The fraction of sp³-hybridized carbons (Fsp3) is 0.647. The van der Waals surface area contributed by atoms with Gasteiger partial charge in [0, 0.05) is 6.04 Å². The van der Waals surface area contributed by atoms with Crippen LogP contribution in [0.4, 0.5) is 0 Å². The molecule has 3 aliphatic carbocycles. The monoisotopic (exact) mass is 241 g/mol. The van der Waals surface area contributed by atoms with Gasteiger partial charge in [0.05, 0.1) is 0 Å². The van der Waals surface area contributed by atoms with E-state index in [0.29, 0.717) is 6.04 Å². The van der Waals surface area contributed by atoms with E-state index in [1.807, 2.05) is 0 Å². The van der Waals surface area contributed by atoms with Crippen molar-refractivity contribution >= 4 is 0 Å². The van der Waals surface area contributed by atoms with Gasteiger partial charge in [-0.1, -0.05) is 30.7 Å². The van der Waals surface area contributed by atoms with Gasteiger partial charge in [-0.05, 0) is 66.9 Å². The van der Waals surface area contributed by atoms with E-state index in [9.17, 15) is 0 Å². The van der Waals surface area contributed by atoms with Crippen LogP contribution in [-0.2, 0) is 6.42 Å². The second-order valence-electron chi connectivity index (χ2n) is 6.84.